The zero-order valence-electron chi connectivity index (χ0n) is 7.35. The van der Waals surface area contributed by atoms with Gasteiger partial charge in [-0.1, -0.05) is 10.4 Å². The van der Waals surface area contributed by atoms with E-state index in [1.54, 1.807) is 0 Å². The Balaban J connectivity index is 3.66. The Kier molecular flexibility index (Phi) is 8.59. The van der Waals surface area contributed by atoms with E-state index in [2.05, 4.69) is 10.4 Å². The number of nitrogens with zero attached hydrogens (tertiary/aromatic N) is 3. The molecule has 0 saturated heterocycles. The summed E-state index contributed by atoms with van der Waals surface area (Å²) in [5.41, 5.74) is 0. The fourth-order valence-corrected chi connectivity index (χ4v) is 2.72. The van der Waals surface area contributed by atoms with Crippen LogP contribution in [0.15, 0.2) is 10.4 Å². The number of rotatable bonds is 8. The second-order valence-corrected chi connectivity index (χ2v) is 5.14. The molecule has 0 rings (SSSR count). The highest BCUT2D eigenvalue weighted by atomic mass is 31.1. The van der Waals surface area contributed by atoms with Crippen LogP contribution in [0.2, 0.25) is 0 Å². The van der Waals surface area contributed by atoms with Crippen LogP contribution in [-0.2, 0) is 0 Å². The second-order valence-electron chi connectivity index (χ2n) is 2.46. The lowest BCUT2D eigenvalue weighted by atomic mass is 10.6. The molecule has 13 heavy (non-hydrogen) atoms. The van der Waals surface area contributed by atoms with Crippen LogP contribution in [0.3, 0.4) is 0 Å². The van der Waals surface area contributed by atoms with Gasteiger partial charge in [-0.2, -0.15) is 15.1 Å². The zero-order chi connectivity index (χ0) is 9.94. The fraction of sp³-hybridized carbons (Fsp3) is 0.857. The molecule has 0 aliphatic carbocycles. The first-order valence-electron chi connectivity index (χ1n) is 4.02. The van der Waals surface area contributed by atoms with E-state index in [-0.39, 0.29) is 21.0 Å². The van der Waals surface area contributed by atoms with Crippen LogP contribution in [0.4, 0.5) is 0 Å². The Morgan fingerprint density at radius 1 is 1.08 bits per heavy atom. The van der Waals surface area contributed by atoms with Crippen molar-refractivity contribution in [3.8, 4) is 6.07 Å². The van der Waals surface area contributed by atoms with E-state index in [1.165, 1.54) is 0 Å². The molecular weight excluding hydrogens is 189 g/mol. The van der Waals surface area contributed by atoms with Gasteiger partial charge in [-0.3, -0.25) is 0 Å². The smallest absolute Gasteiger partial charge is 0.0850 e. The molecular formula is C7H12N3O2P. The molecule has 0 radical (unpaired) electrons. The highest BCUT2D eigenvalue weighted by Crippen LogP contribution is 2.35. The SMILES string of the molecule is N#CCCP(CCN=O)CCN=O. The Morgan fingerprint density at radius 3 is 2.00 bits per heavy atom. The molecule has 0 saturated carbocycles. The van der Waals surface area contributed by atoms with Gasteiger partial charge in [0.15, 0.2) is 0 Å². The molecule has 72 valence electrons. The van der Waals surface area contributed by atoms with Gasteiger partial charge in [0.25, 0.3) is 0 Å². The molecule has 0 spiro atoms. The lowest BCUT2D eigenvalue weighted by Crippen LogP contribution is -1.99. The van der Waals surface area contributed by atoms with Gasteiger partial charge in [0.2, 0.25) is 0 Å². The van der Waals surface area contributed by atoms with Gasteiger partial charge in [0.1, 0.15) is 0 Å². The van der Waals surface area contributed by atoms with Gasteiger partial charge in [-0.05, 0) is 18.5 Å². The predicted octanol–water partition coefficient (Wildman–Crippen LogP) is 1.91. The minimum absolute atomic E-state index is 0.288. The molecule has 0 unspecified atom stereocenters. The van der Waals surface area contributed by atoms with E-state index in [1.807, 2.05) is 6.07 Å². The lowest BCUT2D eigenvalue weighted by molar-refractivity contribution is 1.07. The maximum absolute atomic E-state index is 9.87. The minimum atomic E-state index is -0.388. The average molecular weight is 201 g/mol. The molecule has 0 amide bonds. The van der Waals surface area contributed by atoms with Gasteiger partial charge in [0.05, 0.1) is 19.2 Å². The van der Waals surface area contributed by atoms with Crippen molar-refractivity contribution in [1.29, 1.82) is 5.26 Å². The summed E-state index contributed by atoms with van der Waals surface area (Å²) in [5, 5.41) is 13.9. The monoisotopic (exact) mass is 201 g/mol. The molecule has 0 aromatic carbocycles. The number of hydrogen-bond donors (Lipinski definition) is 0. The average Bonchev–Trinajstić information content (AvgIpc) is 2.17. The Morgan fingerprint density at radius 2 is 1.62 bits per heavy atom. The van der Waals surface area contributed by atoms with Crippen molar-refractivity contribution in [2.75, 3.05) is 31.6 Å². The number of nitriles is 1. The maximum atomic E-state index is 9.87. The van der Waals surface area contributed by atoms with Crippen LogP contribution in [0, 0.1) is 21.1 Å². The first kappa shape index (κ1) is 12.1. The van der Waals surface area contributed by atoms with Crippen LogP contribution in [0.1, 0.15) is 6.42 Å². The normalized spacial score (nSPS) is 9.54. The highest BCUT2D eigenvalue weighted by Gasteiger charge is 2.07. The van der Waals surface area contributed by atoms with Crippen molar-refractivity contribution in [2.45, 2.75) is 6.42 Å². The summed E-state index contributed by atoms with van der Waals surface area (Å²) in [5.74, 6) is 0. The topological polar surface area (TPSA) is 82.7 Å². The predicted molar refractivity (Wildman–Crippen MR) is 53.1 cm³/mol. The molecule has 0 fully saturated rings. The fourth-order valence-electron chi connectivity index (χ4n) is 0.908. The summed E-state index contributed by atoms with van der Waals surface area (Å²) in [4.78, 5) is 19.7. The van der Waals surface area contributed by atoms with Crippen LogP contribution in [0.25, 0.3) is 0 Å². The van der Waals surface area contributed by atoms with Crippen molar-refractivity contribution in [1.82, 2.24) is 0 Å². The second kappa shape index (κ2) is 9.21. The molecule has 0 aliphatic heterocycles. The standard InChI is InChI=1S/C7H12N3O2P/c8-2-1-5-13(6-3-9-11)7-4-10-12/h1,3-7H2. The molecule has 0 aromatic rings. The molecule has 0 bridgehead atoms. The maximum Gasteiger partial charge on any atom is 0.0850 e. The first-order valence-corrected chi connectivity index (χ1v) is 5.92. The van der Waals surface area contributed by atoms with Gasteiger partial charge in [-0.25, -0.2) is 0 Å². The highest BCUT2D eigenvalue weighted by molar-refractivity contribution is 7.57. The third kappa shape index (κ3) is 7.48. The largest absolute Gasteiger partial charge is 0.198 e. The van der Waals surface area contributed by atoms with Crippen molar-refractivity contribution in [3.63, 3.8) is 0 Å². The first-order chi connectivity index (χ1) is 6.35. The van der Waals surface area contributed by atoms with Crippen LogP contribution < -0.4 is 0 Å². The van der Waals surface area contributed by atoms with Gasteiger partial charge in [0, 0.05) is 6.42 Å². The van der Waals surface area contributed by atoms with Crippen molar-refractivity contribution >= 4 is 7.92 Å². The molecule has 0 N–H and O–H groups in total. The van der Waals surface area contributed by atoms with Crippen LogP contribution in [0.5, 0.6) is 0 Å². The van der Waals surface area contributed by atoms with E-state index in [9.17, 15) is 9.81 Å². The summed E-state index contributed by atoms with van der Waals surface area (Å²) < 4.78 is 0. The Bertz CT molecular complexity index is 181. The van der Waals surface area contributed by atoms with E-state index in [0.29, 0.717) is 6.42 Å². The van der Waals surface area contributed by atoms with Crippen molar-refractivity contribution < 1.29 is 0 Å². The van der Waals surface area contributed by atoms with Crippen LogP contribution in [-0.4, -0.2) is 31.6 Å². The van der Waals surface area contributed by atoms with Crippen LogP contribution >= 0.6 is 7.92 Å². The van der Waals surface area contributed by atoms with E-state index < -0.39 is 0 Å². The van der Waals surface area contributed by atoms with Gasteiger partial charge in [-0.15, -0.1) is 7.92 Å². The molecule has 0 aromatic heterocycles. The van der Waals surface area contributed by atoms with Gasteiger partial charge < -0.3 is 0 Å². The summed E-state index contributed by atoms with van der Waals surface area (Å²) in [7, 11) is -0.388. The molecule has 5 nitrogen and oxygen atoms in total. The molecule has 0 heterocycles. The quantitative estimate of drug-likeness (QED) is 0.444. The number of nitroso groups, excluding NO2 is 2. The molecule has 6 heteroatoms. The summed E-state index contributed by atoms with van der Waals surface area (Å²) in [6, 6.07) is 2.05. The lowest BCUT2D eigenvalue weighted by Gasteiger charge is -2.11. The zero-order valence-corrected chi connectivity index (χ0v) is 8.24. The van der Waals surface area contributed by atoms with E-state index in [4.69, 9.17) is 5.26 Å². The summed E-state index contributed by atoms with van der Waals surface area (Å²) in [6.07, 6.45) is 2.71. The van der Waals surface area contributed by atoms with Crippen molar-refractivity contribution in [2.24, 2.45) is 10.4 Å². The third-order valence-corrected chi connectivity index (χ3v) is 4.08. The Labute approximate surface area is 78.2 Å². The van der Waals surface area contributed by atoms with Gasteiger partial charge >= 0.3 is 0 Å². The summed E-state index contributed by atoms with van der Waals surface area (Å²) in [6.45, 7) is 0.575. The Hall–Kier alpha value is -0.880. The molecule has 0 aliphatic rings. The third-order valence-electron chi connectivity index (χ3n) is 1.55. The minimum Gasteiger partial charge on any atom is -0.198 e. The summed E-state index contributed by atoms with van der Waals surface area (Å²) >= 11 is 0. The van der Waals surface area contributed by atoms with E-state index >= 15 is 0 Å². The van der Waals surface area contributed by atoms with E-state index in [0.717, 1.165) is 18.5 Å². The van der Waals surface area contributed by atoms with Crippen molar-refractivity contribution in [3.05, 3.63) is 9.81 Å². The molecule has 0 atom stereocenters. The number of hydrogen-bond acceptors (Lipinski definition) is 5.